The van der Waals surface area contributed by atoms with Crippen LogP contribution in [-0.4, -0.2) is 38.2 Å². The monoisotopic (exact) mass is 423 g/mol. The maximum atomic E-state index is 13.4. The van der Waals surface area contributed by atoms with Crippen LogP contribution in [0.15, 0.2) is 54.6 Å². The highest BCUT2D eigenvalue weighted by atomic mass is 35.5. The van der Waals surface area contributed by atoms with E-state index in [9.17, 15) is 4.79 Å². The molecule has 0 saturated carbocycles. The highest BCUT2D eigenvalue weighted by Gasteiger charge is 2.34. The molecule has 1 aromatic heterocycles. The van der Waals surface area contributed by atoms with Crippen LogP contribution in [0.4, 0.5) is 0 Å². The van der Waals surface area contributed by atoms with Gasteiger partial charge in [-0.15, -0.1) is 22.6 Å². The van der Waals surface area contributed by atoms with Gasteiger partial charge >= 0.3 is 0 Å². The first-order chi connectivity index (χ1) is 14.2. The van der Waals surface area contributed by atoms with E-state index in [4.69, 9.17) is 0 Å². The fourth-order valence-corrected chi connectivity index (χ4v) is 4.63. The topological polar surface area (TPSA) is 63.1 Å². The standard InChI is InChI=1S/C23H25N5O.ClH/c1-16-25-26-22-15-27(14-20(28(16)22)11-17-7-3-2-4-8-17)23(29)21-12-18-9-5-6-10-19(18)13-24-21;/h2-10,20-21,24H,11-15H2,1H3;1H/t20-,21-;/m1./s1. The van der Waals surface area contributed by atoms with Crippen molar-refractivity contribution in [2.75, 3.05) is 6.54 Å². The summed E-state index contributed by atoms with van der Waals surface area (Å²) in [6.45, 7) is 3.93. The van der Waals surface area contributed by atoms with Crippen LogP contribution in [0.3, 0.4) is 0 Å². The van der Waals surface area contributed by atoms with Crippen LogP contribution in [0.2, 0.25) is 0 Å². The number of aryl methyl sites for hydroxylation is 1. The molecule has 0 bridgehead atoms. The van der Waals surface area contributed by atoms with Gasteiger partial charge in [0.15, 0.2) is 5.82 Å². The van der Waals surface area contributed by atoms with Crippen molar-refractivity contribution >= 4 is 18.3 Å². The number of benzene rings is 2. The summed E-state index contributed by atoms with van der Waals surface area (Å²) in [5.41, 5.74) is 3.81. The third kappa shape index (κ3) is 3.85. The molecule has 0 aliphatic carbocycles. The van der Waals surface area contributed by atoms with Crippen molar-refractivity contribution in [2.24, 2.45) is 0 Å². The summed E-state index contributed by atoms with van der Waals surface area (Å²) in [7, 11) is 0. The van der Waals surface area contributed by atoms with Crippen molar-refractivity contribution in [1.82, 2.24) is 25.0 Å². The molecular weight excluding hydrogens is 398 g/mol. The van der Waals surface area contributed by atoms with Gasteiger partial charge in [-0.25, -0.2) is 0 Å². The number of halogens is 1. The molecule has 156 valence electrons. The fraction of sp³-hybridized carbons (Fsp3) is 0.348. The number of hydrogen-bond acceptors (Lipinski definition) is 4. The van der Waals surface area contributed by atoms with Crippen molar-refractivity contribution in [3.05, 3.63) is 82.9 Å². The molecule has 2 aromatic carbocycles. The second-order valence-corrected chi connectivity index (χ2v) is 8.00. The number of hydrogen-bond donors (Lipinski definition) is 1. The maximum absolute atomic E-state index is 13.4. The number of aromatic nitrogens is 3. The SMILES string of the molecule is Cc1nnc2n1[C@H](Cc1ccccc1)CN(C(=O)[C@H]1Cc3ccccc3CN1)C2.Cl. The molecule has 0 saturated heterocycles. The number of fused-ring (bicyclic) bond motifs is 2. The van der Waals surface area contributed by atoms with Crippen LogP contribution in [0, 0.1) is 6.92 Å². The molecular formula is C23H26ClN5O. The lowest BCUT2D eigenvalue weighted by molar-refractivity contribution is -0.135. The number of carbonyl (C=O) groups is 1. The van der Waals surface area contributed by atoms with E-state index in [1.54, 1.807) is 0 Å². The predicted octanol–water partition coefficient (Wildman–Crippen LogP) is 2.85. The fourth-order valence-electron chi connectivity index (χ4n) is 4.63. The lowest BCUT2D eigenvalue weighted by Gasteiger charge is -2.37. The number of carbonyl (C=O) groups excluding carboxylic acids is 1. The summed E-state index contributed by atoms with van der Waals surface area (Å²) in [5.74, 6) is 1.95. The zero-order valence-electron chi connectivity index (χ0n) is 17.0. The second kappa shape index (κ2) is 8.58. The summed E-state index contributed by atoms with van der Waals surface area (Å²) >= 11 is 0. The minimum absolute atomic E-state index is 0. The van der Waals surface area contributed by atoms with Gasteiger partial charge in [0.25, 0.3) is 0 Å². The first kappa shape index (κ1) is 20.6. The third-order valence-corrected chi connectivity index (χ3v) is 6.07. The Hall–Kier alpha value is -2.70. The Morgan fingerprint density at radius 3 is 2.60 bits per heavy atom. The summed E-state index contributed by atoms with van der Waals surface area (Å²) in [6.07, 6.45) is 1.60. The summed E-state index contributed by atoms with van der Waals surface area (Å²) < 4.78 is 2.21. The Morgan fingerprint density at radius 2 is 1.80 bits per heavy atom. The van der Waals surface area contributed by atoms with Gasteiger partial charge in [-0.3, -0.25) is 4.79 Å². The molecule has 30 heavy (non-hydrogen) atoms. The van der Waals surface area contributed by atoms with Crippen LogP contribution in [-0.2, 0) is 30.7 Å². The molecule has 2 aliphatic heterocycles. The van der Waals surface area contributed by atoms with Crippen molar-refractivity contribution < 1.29 is 4.79 Å². The first-order valence-corrected chi connectivity index (χ1v) is 10.2. The average Bonchev–Trinajstić information content (AvgIpc) is 3.14. The van der Waals surface area contributed by atoms with Crippen LogP contribution in [0.5, 0.6) is 0 Å². The molecule has 2 atom stereocenters. The van der Waals surface area contributed by atoms with Crippen LogP contribution in [0.1, 0.15) is 34.4 Å². The molecule has 2 aliphatic rings. The van der Waals surface area contributed by atoms with Gasteiger partial charge in [-0.2, -0.15) is 0 Å². The molecule has 0 unspecified atom stereocenters. The maximum Gasteiger partial charge on any atom is 0.240 e. The molecule has 1 amide bonds. The van der Waals surface area contributed by atoms with Crippen LogP contribution >= 0.6 is 12.4 Å². The van der Waals surface area contributed by atoms with Gasteiger partial charge in [0.1, 0.15) is 5.82 Å². The van der Waals surface area contributed by atoms with E-state index in [2.05, 4.69) is 62.5 Å². The Bertz CT molecular complexity index is 1040. The van der Waals surface area contributed by atoms with Crippen molar-refractivity contribution in [3.8, 4) is 0 Å². The summed E-state index contributed by atoms with van der Waals surface area (Å²) in [6, 6.07) is 18.8. The third-order valence-electron chi connectivity index (χ3n) is 6.07. The number of rotatable bonds is 3. The van der Waals surface area contributed by atoms with E-state index >= 15 is 0 Å². The van der Waals surface area contributed by atoms with E-state index in [1.165, 1.54) is 16.7 Å². The molecule has 3 aromatic rings. The van der Waals surface area contributed by atoms with E-state index in [-0.39, 0.29) is 30.4 Å². The van der Waals surface area contributed by atoms with Gasteiger partial charge in [0.05, 0.1) is 18.6 Å². The smallest absolute Gasteiger partial charge is 0.240 e. The minimum Gasteiger partial charge on any atom is -0.332 e. The zero-order valence-corrected chi connectivity index (χ0v) is 17.8. The molecule has 0 fully saturated rings. The normalized spacial score (nSPS) is 20.1. The molecule has 1 N–H and O–H groups in total. The Kier molecular flexibility index (Phi) is 5.88. The van der Waals surface area contributed by atoms with Crippen LogP contribution < -0.4 is 5.32 Å². The van der Waals surface area contributed by atoms with Crippen molar-refractivity contribution in [3.63, 3.8) is 0 Å². The summed E-state index contributed by atoms with van der Waals surface area (Å²) in [4.78, 5) is 15.3. The zero-order chi connectivity index (χ0) is 19.8. The quantitative estimate of drug-likeness (QED) is 0.703. The largest absolute Gasteiger partial charge is 0.332 e. The van der Waals surface area contributed by atoms with E-state index in [0.717, 1.165) is 31.0 Å². The predicted molar refractivity (Wildman–Crippen MR) is 117 cm³/mol. The van der Waals surface area contributed by atoms with Gasteiger partial charge in [0.2, 0.25) is 5.91 Å². The van der Waals surface area contributed by atoms with Gasteiger partial charge in [-0.1, -0.05) is 54.6 Å². The minimum atomic E-state index is -0.183. The van der Waals surface area contributed by atoms with Crippen molar-refractivity contribution in [1.29, 1.82) is 0 Å². The van der Waals surface area contributed by atoms with Gasteiger partial charge in [0, 0.05) is 13.1 Å². The molecule has 6 nitrogen and oxygen atoms in total. The highest BCUT2D eigenvalue weighted by molar-refractivity contribution is 5.85. The summed E-state index contributed by atoms with van der Waals surface area (Å²) in [5, 5.41) is 12.1. The molecule has 7 heteroatoms. The van der Waals surface area contributed by atoms with Gasteiger partial charge < -0.3 is 14.8 Å². The number of nitrogens with zero attached hydrogens (tertiary/aromatic N) is 4. The Balaban J connectivity index is 0.00000218. The number of nitrogens with one attached hydrogen (secondary N) is 1. The lowest BCUT2D eigenvalue weighted by atomic mass is 9.94. The number of amides is 1. The Morgan fingerprint density at radius 1 is 1.07 bits per heavy atom. The van der Waals surface area contributed by atoms with E-state index in [0.29, 0.717) is 13.1 Å². The molecule has 3 heterocycles. The average molecular weight is 424 g/mol. The first-order valence-electron chi connectivity index (χ1n) is 10.2. The lowest BCUT2D eigenvalue weighted by Crippen LogP contribution is -2.52. The molecule has 0 radical (unpaired) electrons. The Labute approximate surface area is 182 Å². The highest BCUT2D eigenvalue weighted by Crippen LogP contribution is 2.26. The molecule has 0 spiro atoms. The van der Waals surface area contributed by atoms with Gasteiger partial charge in [-0.05, 0) is 36.5 Å². The van der Waals surface area contributed by atoms with Crippen molar-refractivity contribution in [2.45, 2.75) is 44.9 Å². The second-order valence-electron chi connectivity index (χ2n) is 8.00. The molecule has 5 rings (SSSR count). The van der Waals surface area contributed by atoms with E-state index in [1.807, 2.05) is 24.0 Å². The van der Waals surface area contributed by atoms with Crippen LogP contribution in [0.25, 0.3) is 0 Å². The van der Waals surface area contributed by atoms with E-state index < -0.39 is 0 Å².